The normalized spacial score (nSPS) is 49.1. The molecule has 0 aromatic rings. The average molecular weight is 236 g/mol. The minimum atomic E-state index is 0.0869. The van der Waals surface area contributed by atoms with Gasteiger partial charge in [0.25, 0.3) is 0 Å². The maximum Gasteiger partial charge on any atom is 0.217 e. The summed E-state index contributed by atoms with van der Waals surface area (Å²) >= 11 is 0. The minimum Gasteiger partial charge on any atom is -0.351 e. The fraction of sp³-hybridized carbons (Fsp3) is 0.929. The van der Waals surface area contributed by atoms with E-state index < -0.39 is 0 Å². The molecule has 17 heavy (non-hydrogen) atoms. The fourth-order valence-electron chi connectivity index (χ4n) is 5.39. The van der Waals surface area contributed by atoms with Gasteiger partial charge in [0.1, 0.15) is 0 Å². The van der Waals surface area contributed by atoms with Gasteiger partial charge in [0.05, 0.1) is 0 Å². The molecule has 3 N–H and O–H groups in total. The molecule has 4 saturated carbocycles. The SMILES string of the molecule is CC(=O)NC12CC3CC(C1)CC(C(C)N)(C3)C2. The molecule has 0 saturated heterocycles. The molecule has 3 heteroatoms. The van der Waals surface area contributed by atoms with Crippen molar-refractivity contribution in [3.8, 4) is 0 Å². The standard InChI is InChI=1S/C14H24N2O/c1-9(15)13-4-11-3-12(5-13)7-14(6-11,8-13)16-10(2)17/h9,11-12H,3-8,15H2,1-2H3,(H,16,17). The Morgan fingerprint density at radius 3 is 2.35 bits per heavy atom. The van der Waals surface area contributed by atoms with E-state index in [1.54, 1.807) is 6.92 Å². The van der Waals surface area contributed by atoms with Gasteiger partial charge in [-0.05, 0) is 62.7 Å². The number of amides is 1. The molecule has 4 rings (SSSR count). The van der Waals surface area contributed by atoms with E-state index in [1.165, 1.54) is 32.1 Å². The summed E-state index contributed by atoms with van der Waals surface area (Å²) in [6.07, 6.45) is 7.46. The van der Waals surface area contributed by atoms with Gasteiger partial charge in [-0.1, -0.05) is 0 Å². The molecule has 3 nitrogen and oxygen atoms in total. The molecule has 0 aromatic heterocycles. The first-order valence-corrected chi connectivity index (χ1v) is 6.97. The van der Waals surface area contributed by atoms with E-state index in [-0.39, 0.29) is 17.5 Å². The van der Waals surface area contributed by atoms with Crippen molar-refractivity contribution in [2.24, 2.45) is 23.0 Å². The van der Waals surface area contributed by atoms with Crippen LogP contribution in [0.4, 0.5) is 0 Å². The Balaban J connectivity index is 1.91. The number of hydrogen-bond acceptors (Lipinski definition) is 2. The first-order chi connectivity index (χ1) is 7.93. The van der Waals surface area contributed by atoms with Crippen molar-refractivity contribution in [2.75, 3.05) is 0 Å². The number of carbonyl (C=O) groups excluding carboxylic acids is 1. The van der Waals surface area contributed by atoms with Crippen molar-refractivity contribution in [3.63, 3.8) is 0 Å². The summed E-state index contributed by atoms with van der Waals surface area (Å²) in [4.78, 5) is 11.5. The number of nitrogens with two attached hydrogens (primary N) is 1. The molecule has 3 unspecified atom stereocenters. The van der Waals surface area contributed by atoms with Gasteiger partial charge in [-0.15, -0.1) is 0 Å². The van der Waals surface area contributed by atoms with Crippen LogP contribution in [-0.4, -0.2) is 17.5 Å². The Morgan fingerprint density at radius 2 is 1.88 bits per heavy atom. The van der Waals surface area contributed by atoms with E-state index in [4.69, 9.17) is 5.73 Å². The van der Waals surface area contributed by atoms with Gasteiger partial charge in [0.15, 0.2) is 0 Å². The van der Waals surface area contributed by atoms with Gasteiger partial charge in [-0.25, -0.2) is 0 Å². The quantitative estimate of drug-likeness (QED) is 0.768. The lowest BCUT2D eigenvalue weighted by Gasteiger charge is -2.63. The highest BCUT2D eigenvalue weighted by Gasteiger charge is 2.58. The summed E-state index contributed by atoms with van der Waals surface area (Å²) in [5.74, 6) is 1.73. The van der Waals surface area contributed by atoms with Crippen LogP contribution in [0.25, 0.3) is 0 Å². The summed E-state index contributed by atoms with van der Waals surface area (Å²) in [6.45, 7) is 3.81. The molecule has 4 fully saturated rings. The highest BCUT2D eigenvalue weighted by atomic mass is 16.1. The van der Waals surface area contributed by atoms with E-state index in [0.29, 0.717) is 5.41 Å². The Morgan fingerprint density at radius 1 is 1.29 bits per heavy atom. The molecule has 4 aliphatic carbocycles. The van der Waals surface area contributed by atoms with E-state index in [2.05, 4.69) is 12.2 Å². The Hall–Kier alpha value is -0.570. The molecule has 4 bridgehead atoms. The molecule has 0 heterocycles. The van der Waals surface area contributed by atoms with Gasteiger partial charge in [0, 0.05) is 18.5 Å². The van der Waals surface area contributed by atoms with Gasteiger partial charge in [-0.2, -0.15) is 0 Å². The van der Waals surface area contributed by atoms with Crippen LogP contribution >= 0.6 is 0 Å². The largest absolute Gasteiger partial charge is 0.351 e. The van der Waals surface area contributed by atoms with Crippen LogP contribution in [0.1, 0.15) is 52.4 Å². The predicted octanol–water partition coefficient (Wildman–Crippen LogP) is 1.81. The van der Waals surface area contributed by atoms with E-state index >= 15 is 0 Å². The average Bonchev–Trinajstić information content (AvgIpc) is 2.12. The lowest BCUT2D eigenvalue weighted by molar-refractivity contribution is -0.130. The van der Waals surface area contributed by atoms with Crippen molar-refractivity contribution in [1.29, 1.82) is 0 Å². The minimum absolute atomic E-state index is 0.0869. The lowest BCUT2D eigenvalue weighted by Crippen LogP contribution is -2.65. The molecule has 3 atom stereocenters. The van der Waals surface area contributed by atoms with E-state index in [0.717, 1.165) is 18.3 Å². The van der Waals surface area contributed by atoms with Crippen LogP contribution in [-0.2, 0) is 4.79 Å². The lowest BCUT2D eigenvalue weighted by atomic mass is 9.45. The number of hydrogen-bond donors (Lipinski definition) is 2. The van der Waals surface area contributed by atoms with Crippen LogP contribution in [0, 0.1) is 17.3 Å². The van der Waals surface area contributed by atoms with Gasteiger partial charge < -0.3 is 11.1 Å². The second-order valence-electron chi connectivity index (χ2n) is 7.07. The third kappa shape index (κ3) is 1.70. The van der Waals surface area contributed by atoms with Gasteiger partial charge in [-0.3, -0.25) is 4.79 Å². The second kappa shape index (κ2) is 3.47. The third-order valence-electron chi connectivity index (χ3n) is 5.51. The third-order valence-corrected chi connectivity index (χ3v) is 5.51. The monoisotopic (exact) mass is 236 g/mol. The zero-order valence-corrected chi connectivity index (χ0v) is 11.0. The van der Waals surface area contributed by atoms with Crippen LogP contribution in [0.3, 0.4) is 0 Å². The van der Waals surface area contributed by atoms with Crippen molar-refractivity contribution in [2.45, 2.75) is 64.0 Å². The molecular formula is C14H24N2O. The van der Waals surface area contributed by atoms with Crippen molar-refractivity contribution >= 4 is 5.91 Å². The molecule has 96 valence electrons. The van der Waals surface area contributed by atoms with Crippen LogP contribution < -0.4 is 11.1 Å². The van der Waals surface area contributed by atoms with Gasteiger partial charge >= 0.3 is 0 Å². The Labute approximate surface area is 104 Å². The number of rotatable bonds is 2. The fourth-order valence-corrected chi connectivity index (χ4v) is 5.39. The summed E-state index contributed by atoms with van der Waals surface area (Å²) in [5.41, 5.74) is 6.67. The number of nitrogens with one attached hydrogen (secondary N) is 1. The topological polar surface area (TPSA) is 55.1 Å². The van der Waals surface area contributed by atoms with E-state index in [1.807, 2.05) is 0 Å². The summed E-state index contributed by atoms with van der Waals surface area (Å²) in [7, 11) is 0. The van der Waals surface area contributed by atoms with E-state index in [9.17, 15) is 4.79 Å². The first kappa shape index (κ1) is 11.5. The number of carbonyl (C=O) groups is 1. The molecular weight excluding hydrogens is 212 g/mol. The first-order valence-electron chi connectivity index (χ1n) is 6.97. The summed E-state index contributed by atoms with van der Waals surface area (Å²) < 4.78 is 0. The van der Waals surface area contributed by atoms with Crippen LogP contribution in [0.5, 0.6) is 0 Å². The molecule has 0 radical (unpaired) electrons. The zero-order chi connectivity index (χ0) is 12.3. The maximum atomic E-state index is 11.5. The summed E-state index contributed by atoms with van der Waals surface area (Å²) in [5, 5.41) is 3.27. The molecule has 0 spiro atoms. The molecule has 4 aliphatic rings. The second-order valence-corrected chi connectivity index (χ2v) is 7.07. The smallest absolute Gasteiger partial charge is 0.217 e. The molecule has 0 aliphatic heterocycles. The maximum absolute atomic E-state index is 11.5. The Bertz CT molecular complexity index is 336. The van der Waals surface area contributed by atoms with Gasteiger partial charge in [0.2, 0.25) is 5.91 Å². The zero-order valence-electron chi connectivity index (χ0n) is 11.0. The van der Waals surface area contributed by atoms with Crippen molar-refractivity contribution in [3.05, 3.63) is 0 Å². The van der Waals surface area contributed by atoms with Crippen molar-refractivity contribution in [1.82, 2.24) is 5.32 Å². The highest BCUT2D eigenvalue weighted by molar-refractivity contribution is 5.74. The predicted molar refractivity (Wildman–Crippen MR) is 67.3 cm³/mol. The van der Waals surface area contributed by atoms with Crippen LogP contribution in [0.2, 0.25) is 0 Å². The van der Waals surface area contributed by atoms with Crippen LogP contribution in [0.15, 0.2) is 0 Å². The van der Waals surface area contributed by atoms with Crippen molar-refractivity contribution < 1.29 is 4.79 Å². The molecule has 0 aromatic carbocycles. The highest BCUT2D eigenvalue weighted by Crippen LogP contribution is 2.62. The summed E-state index contributed by atoms with van der Waals surface area (Å²) in [6, 6.07) is 0.265. The molecule has 1 amide bonds. The Kier molecular flexibility index (Phi) is 2.35.